The van der Waals surface area contributed by atoms with Gasteiger partial charge in [-0.05, 0) is 50.9 Å². The second-order valence-corrected chi connectivity index (χ2v) is 6.08. The Morgan fingerprint density at radius 1 is 1.19 bits per heavy atom. The minimum absolute atomic E-state index is 0.0804. The van der Waals surface area contributed by atoms with Crippen molar-refractivity contribution >= 4 is 5.91 Å². The van der Waals surface area contributed by atoms with Gasteiger partial charge in [-0.1, -0.05) is 30.3 Å². The van der Waals surface area contributed by atoms with Gasteiger partial charge in [0, 0.05) is 12.6 Å². The highest BCUT2D eigenvalue weighted by Gasteiger charge is 2.35. The van der Waals surface area contributed by atoms with E-state index in [9.17, 15) is 4.79 Å². The van der Waals surface area contributed by atoms with Gasteiger partial charge >= 0.3 is 0 Å². The van der Waals surface area contributed by atoms with Crippen molar-refractivity contribution in [1.29, 1.82) is 0 Å². The minimum Gasteiger partial charge on any atom is -0.351 e. The van der Waals surface area contributed by atoms with Gasteiger partial charge in [0.1, 0.15) is 0 Å². The molecule has 2 heterocycles. The third-order valence-corrected chi connectivity index (χ3v) is 4.68. The molecule has 1 unspecified atom stereocenters. The fourth-order valence-corrected chi connectivity index (χ4v) is 3.55. The van der Waals surface area contributed by atoms with Crippen LogP contribution in [-0.4, -0.2) is 42.5 Å². The highest BCUT2D eigenvalue weighted by atomic mass is 16.2. The number of rotatable bonds is 4. The maximum Gasteiger partial charge on any atom is 0.237 e. The lowest BCUT2D eigenvalue weighted by Crippen LogP contribution is -2.50. The summed E-state index contributed by atoms with van der Waals surface area (Å²) in [5, 5.41) is 6.52. The molecule has 0 aromatic heterocycles. The Labute approximate surface area is 126 Å². The van der Waals surface area contributed by atoms with E-state index in [4.69, 9.17) is 0 Å². The molecule has 3 rings (SSSR count). The van der Waals surface area contributed by atoms with Crippen molar-refractivity contribution < 1.29 is 4.79 Å². The molecule has 2 fully saturated rings. The lowest BCUT2D eigenvalue weighted by molar-refractivity contribution is -0.126. The number of benzene rings is 1. The maximum absolute atomic E-state index is 12.5. The number of hydrogen-bond acceptors (Lipinski definition) is 3. The first-order valence-electron chi connectivity index (χ1n) is 8.13. The Hall–Kier alpha value is -1.39. The molecule has 2 saturated heterocycles. The zero-order valence-corrected chi connectivity index (χ0v) is 12.6. The summed E-state index contributed by atoms with van der Waals surface area (Å²) in [7, 11) is 0. The van der Waals surface area contributed by atoms with Crippen molar-refractivity contribution in [1.82, 2.24) is 15.5 Å². The number of amides is 1. The molecule has 2 aliphatic rings. The maximum atomic E-state index is 12.5. The zero-order chi connectivity index (χ0) is 14.5. The van der Waals surface area contributed by atoms with Crippen LogP contribution in [0.3, 0.4) is 0 Å². The second-order valence-electron chi connectivity index (χ2n) is 6.08. The predicted octanol–water partition coefficient (Wildman–Crippen LogP) is 1.52. The molecule has 1 amide bonds. The van der Waals surface area contributed by atoms with Crippen molar-refractivity contribution in [3.63, 3.8) is 0 Å². The molecule has 0 bridgehead atoms. The van der Waals surface area contributed by atoms with Gasteiger partial charge < -0.3 is 10.6 Å². The van der Waals surface area contributed by atoms with Gasteiger partial charge in [-0.3, -0.25) is 9.69 Å². The molecule has 21 heavy (non-hydrogen) atoms. The molecule has 0 saturated carbocycles. The topological polar surface area (TPSA) is 44.4 Å². The summed E-state index contributed by atoms with van der Waals surface area (Å²) in [6, 6.07) is 10.8. The molecule has 114 valence electrons. The van der Waals surface area contributed by atoms with E-state index < -0.39 is 0 Å². The number of likely N-dealkylation sites (tertiary alicyclic amines) is 1. The lowest BCUT2D eigenvalue weighted by Gasteiger charge is -2.35. The van der Waals surface area contributed by atoms with E-state index in [0.717, 1.165) is 38.0 Å². The first-order valence-corrected chi connectivity index (χ1v) is 8.13. The Morgan fingerprint density at radius 2 is 1.95 bits per heavy atom. The molecular weight excluding hydrogens is 262 g/mol. The van der Waals surface area contributed by atoms with E-state index in [-0.39, 0.29) is 11.9 Å². The van der Waals surface area contributed by atoms with Crippen molar-refractivity contribution in [2.24, 2.45) is 0 Å². The number of carbonyl (C=O) groups excluding carboxylic acids is 1. The minimum atomic E-state index is 0.0804. The standard InChI is InChI=1S/C17H25N3O/c21-17(19-13-14-5-2-1-3-6-14)16-7-4-12-20(16)15-8-10-18-11-9-15/h1-3,5-6,15-16,18H,4,7-13H2,(H,19,21). The first-order chi connectivity index (χ1) is 10.3. The Morgan fingerprint density at radius 3 is 2.71 bits per heavy atom. The van der Waals surface area contributed by atoms with Crippen LogP contribution in [0, 0.1) is 0 Å². The smallest absolute Gasteiger partial charge is 0.237 e. The average Bonchev–Trinajstić information content (AvgIpc) is 3.04. The van der Waals surface area contributed by atoms with Gasteiger partial charge in [0.2, 0.25) is 5.91 Å². The average molecular weight is 287 g/mol. The van der Waals surface area contributed by atoms with Crippen LogP contribution in [-0.2, 0) is 11.3 Å². The third kappa shape index (κ3) is 3.63. The van der Waals surface area contributed by atoms with Gasteiger partial charge in [-0.15, -0.1) is 0 Å². The summed E-state index contributed by atoms with van der Waals surface area (Å²) in [5.41, 5.74) is 1.16. The monoisotopic (exact) mass is 287 g/mol. The summed E-state index contributed by atoms with van der Waals surface area (Å²) in [6.45, 7) is 3.88. The molecule has 0 radical (unpaired) electrons. The quantitative estimate of drug-likeness (QED) is 0.882. The highest BCUT2D eigenvalue weighted by molar-refractivity contribution is 5.82. The normalized spacial score (nSPS) is 24.1. The van der Waals surface area contributed by atoms with E-state index >= 15 is 0 Å². The fourth-order valence-electron chi connectivity index (χ4n) is 3.55. The van der Waals surface area contributed by atoms with Crippen LogP contribution < -0.4 is 10.6 Å². The summed E-state index contributed by atoms with van der Waals surface area (Å²) in [6.07, 6.45) is 4.49. The van der Waals surface area contributed by atoms with Crippen molar-refractivity contribution in [2.45, 2.75) is 44.3 Å². The van der Waals surface area contributed by atoms with Gasteiger partial charge in [-0.25, -0.2) is 0 Å². The van der Waals surface area contributed by atoms with Gasteiger partial charge in [-0.2, -0.15) is 0 Å². The highest BCUT2D eigenvalue weighted by Crippen LogP contribution is 2.24. The van der Waals surface area contributed by atoms with E-state index in [0.29, 0.717) is 12.6 Å². The summed E-state index contributed by atoms with van der Waals surface area (Å²) >= 11 is 0. The third-order valence-electron chi connectivity index (χ3n) is 4.68. The number of carbonyl (C=O) groups is 1. The molecule has 0 spiro atoms. The van der Waals surface area contributed by atoms with Gasteiger partial charge in [0.05, 0.1) is 6.04 Å². The van der Waals surface area contributed by atoms with E-state index in [2.05, 4.69) is 27.7 Å². The second kappa shape index (κ2) is 7.05. The van der Waals surface area contributed by atoms with Gasteiger partial charge in [0.15, 0.2) is 0 Å². The van der Waals surface area contributed by atoms with E-state index in [1.54, 1.807) is 0 Å². The summed E-state index contributed by atoms with van der Waals surface area (Å²) in [4.78, 5) is 14.9. The van der Waals surface area contributed by atoms with Crippen LogP contribution >= 0.6 is 0 Å². The van der Waals surface area contributed by atoms with Crippen LogP contribution in [0.15, 0.2) is 30.3 Å². The molecular formula is C17H25N3O. The molecule has 1 aromatic rings. The number of hydrogen-bond donors (Lipinski definition) is 2. The predicted molar refractivity (Wildman–Crippen MR) is 83.9 cm³/mol. The van der Waals surface area contributed by atoms with Crippen LogP contribution in [0.4, 0.5) is 0 Å². The SMILES string of the molecule is O=C(NCc1ccccc1)C1CCCN1C1CCNCC1. The van der Waals surface area contributed by atoms with Crippen molar-refractivity contribution in [3.8, 4) is 0 Å². The van der Waals surface area contributed by atoms with Crippen LogP contribution in [0.5, 0.6) is 0 Å². The Bertz CT molecular complexity index is 456. The van der Waals surface area contributed by atoms with Crippen LogP contribution in [0.2, 0.25) is 0 Å². The molecule has 2 N–H and O–H groups in total. The number of piperidine rings is 1. The first kappa shape index (κ1) is 14.5. The molecule has 1 aromatic carbocycles. The van der Waals surface area contributed by atoms with Crippen LogP contribution in [0.25, 0.3) is 0 Å². The largest absolute Gasteiger partial charge is 0.351 e. The zero-order valence-electron chi connectivity index (χ0n) is 12.6. The molecule has 4 nitrogen and oxygen atoms in total. The summed E-state index contributed by atoms with van der Waals surface area (Å²) in [5.74, 6) is 0.204. The number of nitrogens with one attached hydrogen (secondary N) is 2. The Balaban J connectivity index is 1.55. The van der Waals surface area contributed by atoms with E-state index in [1.807, 2.05) is 18.2 Å². The fraction of sp³-hybridized carbons (Fsp3) is 0.588. The summed E-state index contributed by atoms with van der Waals surface area (Å²) < 4.78 is 0. The van der Waals surface area contributed by atoms with Crippen LogP contribution in [0.1, 0.15) is 31.2 Å². The molecule has 1 atom stereocenters. The van der Waals surface area contributed by atoms with Crippen molar-refractivity contribution in [3.05, 3.63) is 35.9 Å². The molecule has 2 aliphatic heterocycles. The lowest BCUT2D eigenvalue weighted by atomic mass is 10.0. The Kier molecular flexibility index (Phi) is 4.88. The van der Waals surface area contributed by atoms with Crippen molar-refractivity contribution in [2.75, 3.05) is 19.6 Å². The molecule has 4 heteroatoms. The van der Waals surface area contributed by atoms with Gasteiger partial charge in [0.25, 0.3) is 0 Å². The number of nitrogens with zero attached hydrogens (tertiary/aromatic N) is 1. The molecule has 0 aliphatic carbocycles. The van der Waals surface area contributed by atoms with E-state index in [1.165, 1.54) is 12.8 Å².